The van der Waals surface area contributed by atoms with Gasteiger partial charge >= 0.3 is 5.97 Å². The summed E-state index contributed by atoms with van der Waals surface area (Å²) in [5.74, 6) is -0.344. The summed E-state index contributed by atoms with van der Waals surface area (Å²) in [5, 5.41) is 8.46. The van der Waals surface area contributed by atoms with E-state index in [0.717, 1.165) is 0 Å². The van der Waals surface area contributed by atoms with Crippen molar-refractivity contribution in [1.29, 1.82) is 5.26 Å². The van der Waals surface area contributed by atoms with Crippen molar-refractivity contribution < 1.29 is 14.0 Å². The second kappa shape index (κ2) is 4.07. The van der Waals surface area contributed by atoms with Gasteiger partial charge in [-0.15, -0.1) is 0 Å². The van der Waals surface area contributed by atoms with E-state index in [2.05, 4.69) is 0 Å². The van der Waals surface area contributed by atoms with Crippen molar-refractivity contribution in [3.8, 4) is 6.07 Å². The van der Waals surface area contributed by atoms with Gasteiger partial charge in [-0.25, -0.2) is 0 Å². The molecule has 0 heterocycles. The molecule has 0 N–H and O–H groups in total. The molecular weight excluding hydrogens is 156 g/mol. The monoisotopic (exact) mass is 171 g/mol. The third-order valence-electron chi connectivity index (χ3n) is 1.43. The fourth-order valence-electron chi connectivity index (χ4n) is 0.743. The number of esters is 1. The predicted octanol–water partition coefficient (Wildman–Crippen LogP) is 0.495. The summed E-state index contributed by atoms with van der Waals surface area (Å²) < 4.78 is 5.42. The fourth-order valence-corrected chi connectivity index (χ4v) is 0.743. The Bertz CT molecular complexity index is 200. The minimum Gasteiger partial charge on any atom is -0.411 e. The third kappa shape index (κ3) is 3.94. The topological polar surface area (TPSA) is 50.1 Å². The first-order valence-electron chi connectivity index (χ1n) is 3.73. The first-order chi connectivity index (χ1) is 5.38. The van der Waals surface area contributed by atoms with Crippen LogP contribution in [-0.4, -0.2) is 37.8 Å². The SMILES string of the molecule is CC(=O)OC(CC#N)[N+](C)(C)C. The summed E-state index contributed by atoms with van der Waals surface area (Å²) in [7, 11) is 5.64. The average Bonchev–Trinajstić information content (AvgIpc) is 1.83. The second-order valence-corrected chi connectivity index (χ2v) is 3.54. The summed E-state index contributed by atoms with van der Waals surface area (Å²) in [5.41, 5.74) is 0. The van der Waals surface area contributed by atoms with Crippen LogP contribution >= 0.6 is 0 Å². The maximum Gasteiger partial charge on any atom is 0.307 e. The zero-order valence-electron chi connectivity index (χ0n) is 8.00. The summed E-state index contributed by atoms with van der Waals surface area (Å²) >= 11 is 0. The second-order valence-electron chi connectivity index (χ2n) is 3.54. The van der Waals surface area contributed by atoms with Crippen molar-refractivity contribution in [3.05, 3.63) is 0 Å². The van der Waals surface area contributed by atoms with Crippen molar-refractivity contribution in [2.45, 2.75) is 19.6 Å². The van der Waals surface area contributed by atoms with Crippen molar-refractivity contribution in [2.75, 3.05) is 21.1 Å². The van der Waals surface area contributed by atoms with Crippen molar-refractivity contribution in [2.24, 2.45) is 0 Å². The minimum absolute atomic E-state index is 0.225. The van der Waals surface area contributed by atoms with Gasteiger partial charge < -0.3 is 4.74 Å². The molecule has 0 bridgehead atoms. The molecular formula is C8H15N2O2+. The first kappa shape index (κ1) is 10.9. The van der Waals surface area contributed by atoms with E-state index in [9.17, 15) is 4.79 Å². The molecule has 0 saturated carbocycles. The highest BCUT2D eigenvalue weighted by Gasteiger charge is 2.25. The van der Waals surface area contributed by atoms with Gasteiger partial charge in [-0.1, -0.05) is 0 Å². The van der Waals surface area contributed by atoms with E-state index < -0.39 is 0 Å². The molecule has 0 aromatic carbocycles. The van der Waals surface area contributed by atoms with Crippen LogP contribution in [0.4, 0.5) is 0 Å². The molecule has 0 fully saturated rings. The average molecular weight is 171 g/mol. The highest BCUT2D eigenvalue weighted by atomic mass is 16.6. The number of rotatable bonds is 3. The molecule has 12 heavy (non-hydrogen) atoms. The van der Waals surface area contributed by atoms with Crippen molar-refractivity contribution in [1.82, 2.24) is 0 Å². The zero-order chi connectivity index (χ0) is 9.78. The Balaban J connectivity index is 4.25. The normalized spacial score (nSPS) is 13.2. The summed E-state index contributed by atoms with van der Waals surface area (Å²) in [6.45, 7) is 1.35. The van der Waals surface area contributed by atoms with Gasteiger partial charge in [0.2, 0.25) is 6.23 Å². The molecule has 0 aromatic heterocycles. The molecule has 1 atom stereocenters. The highest BCUT2D eigenvalue weighted by molar-refractivity contribution is 5.66. The fraction of sp³-hybridized carbons (Fsp3) is 0.750. The predicted molar refractivity (Wildman–Crippen MR) is 43.8 cm³/mol. The summed E-state index contributed by atoms with van der Waals surface area (Å²) in [4.78, 5) is 10.6. The zero-order valence-corrected chi connectivity index (χ0v) is 8.00. The molecule has 0 spiro atoms. The lowest BCUT2D eigenvalue weighted by molar-refractivity contribution is -0.916. The van der Waals surface area contributed by atoms with Crippen LogP contribution in [0.3, 0.4) is 0 Å². The molecule has 0 aliphatic heterocycles. The van der Waals surface area contributed by atoms with Crippen LogP contribution in [0.2, 0.25) is 0 Å². The number of carbonyl (C=O) groups excluding carboxylic acids is 1. The standard InChI is InChI=1S/C8H15N2O2/c1-7(11)12-8(5-6-9)10(2,3)4/h8H,5H2,1-4H3/q+1. The number of ether oxygens (including phenoxy) is 1. The van der Waals surface area contributed by atoms with Gasteiger partial charge in [-0.05, 0) is 0 Å². The Morgan fingerprint density at radius 2 is 2.08 bits per heavy atom. The maximum atomic E-state index is 10.6. The molecule has 0 rings (SSSR count). The van der Waals surface area contributed by atoms with Gasteiger partial charge in [0, 0.05) is 6.92 Å². The molecule has 1 unspecified atom stereocenters. The van der Waals surface area contributed by atoms with Crippen molar-refractivity contribution in [3.63, 3.8) is 0 Å². The van der Waals surface area contributed by atoms with Crippen LogP contribution in [0.25, 0.3) is 0 Å². The van der Waals surface area contributed by atoms with Crippen LogP contribution in [0.15, 0.2) is 0 Å². The Morgan fingerprint density at radius 1 is 1.58 bits per heavy atom. The third-order valence-corrected chi connectivity index (χ3v) is 1.43. The molecule has 0 aromatic rings. The first-order valence-corrected chi connectivity index (χ1v) is 3.73. The number of hydrogen-bond acceptors (Lipinski definition) is 3. The molecule has 4 nitrogen and oxygen atoms in total. The molecule has 0 radical (unpaired) electrons. The van der Waals surface area contributed by atoms with Gasteiger partial charge in [0.1, 0.15) is 6.42 Å². The van der Waals surface area contributed by atoms with Crippen LogP contribution < -0.4 is 0 Å². The van der Waals surface area contributed by atoms with Gasteiger partial charge in [-0.2, -0.15) is 5.26 Å². The molecule has 4 heteroatoms. The Kier molecular flexibility index (Phi) is 3.71. The van der Waals surface area contributed by atoms with E-state index in [1.807, 2.05) is 27.2 Å². The Labute approximate surface area is 72.9 Å². The van der Waals surface area contributed by atoms with E-state index in [0.29, 0.717) is 4.48 Å². The van der Waals surface area contributed by atoms with Crippen LogP contribution in [0.1, 0.15) is 13.3 Å². The number of nitriles is 1. The van der Waals surface area contributed by atoms with Gasteiger partial charge in [0.25, 0.3) is 0 Å². The molecule has 68 valence electrons. The highest BCUT2D eigenvalue weighted by Crippen LogP contribution is 2.08. The van der Waals surface area contributed by atoms with Crippen molar-refractivity contribution >= 4 is 5.97 Å². The van der Waals surface area contributed by atoms with Gasteiger partial charge in [0.15, 0.2) is 0 Å². The van der Waals surface area contributed by atoms with E-state index in [1.165, 1.54) is 6.92 Å². The molecule has 0 aliphatic rings. The lowest BCUT2D eigenvalue weighted by Gasteiger charge is -2.31. The molecule has 0 saturated heterocycles. The Hall–Kier alpha value is -1.08. The minimum atomic E-state index is -0.368. The largest absolute Gasteiger partial charge is 0.411 e. The van der Waals surface area contributed by atoms with Crippen LogP contribution in [0.5, 0.6) is 0 Å². The number of nitrogens with zero attached hydrogens (tertiary/aromatic N) is 2. The molecule has 0 amide bonds. The maximum absolute atomic E-state index is 10.6. The molecule has 0 aliphatic carbocycles. The summed E-state index contributed by atoms with van der Waals surface area (Å²) in [6, 6.07) is 1.99. The van der Waals surface area contributed by atoms with E-state index in [1.54, 1.807) is 0 Å². The Morgan fingerprint density at radius 3 is 2.33 bits per heavy atom. The number of carbonyl (C=O) groups is 1. The van der Waals surface area contributed by atoms with Gasteiger partial charge in [-0.3, -0.25) is 9.28 Å². The van der Waals surface area contributed by atoms with Crippen LogP contribution in [0, 0.1) is 11.3 Å². The smallest absolute Gasteiger partial charge is 0.307 e. The number of hydrogen-bond donors (Lipinski definition) is 0. The summed E-state index contributed by atoms with van der Waals surface area (Å²) in [6.07, 6.45) is -0.143. The van der Waals surface area contributed by atoms with E-state index in [-0.39, 0.29) is 18.6 Å². The quantitative estimate of drug-likeness (QED) is 0.353. The number of quaternary nitrogens is 1. The van der Waals surface area contributed by atoms with Crippen LogP contribution in [-0.2, 0) is 9.53 Å². The lowest BCUT2D eigenvalue weighted by Crippen LogP contribution is -2.47. The lowest BCUT2D eigenvalue weighted by atomic mass is 10.3. The van der Waals surface area contributed by atoms with Gasteiger partial charge in [0.05, 0.1) is 27.2 Å². The van der Waals surface area contributed by atoms with E-state index >= 15 is 0 Å². The van der Waals surface area contributed by atoms with E-state index in [4.69, 9.17) is 10.00 Å².